The second-order valence-corrected chi connectivity index (χ2v) is 7.77. The fraction of sp³-hybridized carbons (Fsp3) is 0.400. The Labute approximate surface area is 170 Å². The summed E-state index contributed by atoms with van der Waals surface area (Å²) in [7, 11) is 0. The Morgan fingerprint density at radius 2 is 2.07 bits per heavy atom. The van der Waals surface area contributed by atoms with Crippen LogP contribution in [0.1, 0.15) is 37.7 Å². The SMILES string of the molecule is C[C@@H]1CCCN(c2nc3c(c(=O)[nH]2)[C@H](C(=O)Nc2ccc(F)c(F)c2)CC(=O)N3)C1. The Morgan fingerprint density at radius 1 is 1.27 bits per heavy atom. The van der Waals surface area contributed by atoms with E-state index in [-0.39, 0.29) is 23.5 Å². The van der Waals surface area contributed by atoms with Gasteiger partial charge >= 0.3 is 0 Å². The number of rotatable bonds is 3. The number of anilines is 3. The molecule has 10 heteroatoms. The standard InChI is InChI=1S/C20H21F2N5O3/c1-10-3-2-6-27(9-10)20-25-17-16(19(30)26-20)12(8-15(28)24-17)18(29)23-11-4-5-13(21)14(22)7-11/h4-5,7,10,12H,2-3,6,8-9H2,1H3,(H,23,29)(H2,24,25,26,28,30)/t10-,12-/m1/s1. The van der Waals surface area contributed by atoms with Gasteiger partial charge in [0, 0.05) is 31.3 Å². The van der Waals surface area contributed by atoms with Crippen LogP contribution in [0.25, 0.3) is 0 Å². The third kappa shape index (κ3) is 3.89. The number of carbonyl (C=O) groups is 2. The van der Waals surface area contributed by atoms with Crippen LogP contribution in [0, 0.1) is 17.6 Å². The van der Waals surface area contributed by atoms with Crippen LogP contribution in [-0.2, 0) is 9.59 Å². The average Bonchev–Trinajstić information content (AvgIpc) is 2.69. The van der Waals surface area contributed by atoms with E-state index in [9.17, 15) is 23.2 Å². The van der Waals surface area contributed by atoms with E-state index in [4.69, 9.17) is 0 Å². The Morgan fingerprint density at radius 3 is 2.80 bits per heavy atom. The molecule has 2 aliphatic rings. The Kier molecular flexibility index (Phi) is 5.23. The number of nitrogens with one attached hydrogen (secondary N) is 3. The fourth-order valence-corrected chi connectivity index (χ4v) is 3.92. The van der Waals surface area contributed by atoms with Gasteiger partial charge in [-0.3, -0.25) is 19.4 Å². The number of aromatic nitrogens is 2. The van der Waals surface area contributed by atoms with Gasteiger partial charge in [-0.1, -0.05) is 6.92 Å². The van der Waals surface area contributed by atoms with E-state index in [0.29, 0.717) is 11.9 Å². The van der Waals surface area contributed by atoms with Gasteiger partial charge in [-0.05, 0) is 30.9 Å². The van der Waals surface area contributed by atoms with E-state index in [1.165, 1.54) is 6.07 Å². The van der Waals surface area contributed by atoms with Crippen LogP contribution in [0.3, 0.4) is 0 Å². The minimum atomic E-state index is -1.12. The number of piperidine rings is 1. The van der Waals surface area contributed by atoms with Crippen molar-refractivity contribution in [1.29, 1.82) is 0 Å². The van der Waals surface area contributed by atoms with Crippen molar-refractivity contribution in [2.24, 2.45) is 5.92 Å². The van der Waals surface area contributed by atoms with Crippen molar-refractivity contribution >= 4 is 29.3 Å². The van der Waals surface area contributed by atoms with Crippen LogP contribution in [0.2, 0.25) is 0 Å². The van der Waals surface area contributed by atoms with Crippen molar-refractivity contribution in [2.75, 3.05) is 28.6 Å². The van der Waals surface area contributed by atoms with E-state index in [1.54, 1.807) is 0 Å². The molecule has 4 rings (SSSR count). The summed E-state index contributed by atoms with van der Waals surface area (Å²) in [5.74, 6) is -3.55. The van der Waals surface area contributed by atoms with Gasteiger partial charge in [-0.15, -0.1) is 0 Å². The number of hydrogen-bond acceptors (Lipinski definition) is 5. The summed E-state index contributed by atoms with van der Waals surface area (Å²) in [6.07, 6.45) is 1.80. The van der Waals surface area contributed by atoms with E-state index in [0.717, 1.165) is 38.1 Å². The second-order valence-electron chi connectivity index (χ2n) is 7.77. The summed E-state index contributed by atoms with van der Waals surface area (Å²) in [6, 6.07) is 2.91. The average molecular weight is 417 g/mol. The topological polar surface area (TPSA) is 107 Å². The number of nitrogens with zero attached hydrogens (tertiary/aromatic N) is 2. The van der Waals surface area contributed by atoms with Crippen molar-refractivity contribution in [3.05, 3.63) is 45.8 Å². The smallest absolute Gasteiger partial charge is 0.258 e. The normalized spacial score (nSPS) is 21.0. The molecular formula is C20H21F2N5O3. The molecule has 1 saturated heterocycles. The first-order valence-electron chi connectivity index (χ1n) is 9.76. The molecule has 1 aromatic heterocycles. The molecule has 30 heavy (non-hydrogen) atoms. The highest BCUT2D eigenvalue weighted by molar-refractivity contribution is 6.04. The molecular weight excluding hydrogens is 396 g/mol. The van der Waals surface area contributed by atoms with Crippen LogP contribution < -0.4 is 21.1 Å². The summed E-state index contributed by atoms with van der Waals surface area (Å²) in [5, 5.41) is 5.01. The Hall–Kier alpha value is -3.30. The zero-order chi connectivity index (χ0) is 21.4. The van der Waals surface area contributed by atoms with Crippen LogP contribution in [0.5, 0.6) is 0 Å². The van der Waals surface area contributed by atoms with E-state index < -0.39 is 34.9 Å². The van der Waals surface area contributed by atoms with E-state index in [2.05, 4.69) is 27.5 Å². The summed E-state index contributed by atoms with van der Waals surface area (Å²) in [4.78, 5) is 46.8. The molecule has 8 nitrogen and oxygen atoms in total. The van der Waals surface area contributed by atoms with Gasteiger partial charge in [-0.25, -0.2) is 8.78 Å². The molecule has 2 aromatic rings. The van der Waals surface area contributed by atoms with Gasteiger partial charge in [0.2, 0.25) is 17.8 Å². The highest BCUT2D eigenvalue weighted by Gasteiger charge is 2.35. The Balaban J connectivity index is 1.64. The number of benzene rings is 1. The molecule has 0 bridgehead atoms. The molecule has 0 radical (unpaired) electrons. The molecule has 2 aliphatic heterocycles. The van der Waals surface area contributed by atoms with Crippen molar-refractivity contribution in [1.82, 2.24) is 9.97 Å². The Bertz CT molecular complexity index is 1070. The minimum absolute atomic E-state index is 0.0229. The quantitative estimate of drug-likeness (QED) is 0.711. The first-order valence-corrected chi connectivity index (χ1v) is 9.76. The second kappa shape index (κ2) is 7.85. The maximum Gasteiger partial charge on any atom is 0.258 e. The van der Waals surface area contributed by atoms with Gasteiger partial charge in [0.25, 0.3) is 5.56 Å². The molecule has 0 spiro atoms. The first kappa shape index (κ1) is 20.0. The number of fused-ring (bicyclic) bond motifs is 1. The highest BCUT2D eigenvalue weighted by Crippen LogP contribution is 2.31. The molecule has 2 atom stereocenters. The van der Waals surface area contributed by atoms with Gasteiger partial charge in [-0.2, -0.15) is 4.98 Å². The minimum Gasteiger partial charge on any atom is -0.342 e. The lowest BCUT2D eigenvalue weighted by atomic mass is 9.92. The monoisotopic (exact) mass is 417 g/mol. The first-order chi connectivity index (χ1) is 14.3. The summed E-state index contributed by atoms with van der Waals surface area (Å²) < 4.78 is 26.5. The summed E-state index contributed by atoms with van der Waals surface area (Å²) in [5.41, 5.74) is -0.447. The van der Waals surface area contributed by atoms with Gasteiger partial charge in [0.05, 0.1) is 11.5 Å². The third-order valence-corrected chi connectivity index (χ3v) is 5.40. The summed E-state index contributed by atoms with van der Waals surface area (Å²) in [6.45, 7) is 3.58. The molecule has 0 aliphatic carbocycles. The maximum absolute atomic E-state index is 13.4. The van der Waals surface area contributed by atoms with Crippen LogP contribution in [0.4, 0.5) is 26.2 Å². The fourth-order valence-electron chi connectivity index (χ4n) is 3.92. The number of aromatic amines is 1. The number of carbonyl (C=O) groups excluding carboxylic acids is 2. The van der Waals surface area contributed by atoms with Gasteiger partial charge in [0.15, 0.2) is 11.6 Å². The number of H-pyrrole nitrogens is 1. The van der Waals surface area contributed by atoms with Crippen LogP contribution in [0.15, 0.2) is 23.0 Å². The van der Waals surface area contributed by atoms with Crippen molar-refractivity contribution in [3.8, 4) is 0 Å². The zero-order valence-corrected chi connectivity index (χ0v) is 16.3. The summed E-state index contributed by atoms with van der Waals surface area (Å²) >= 11 is 0. The molecule has 0 unspecified atom stereocenters. The lowest BCUT2D eigenvalue weighted by Crippen LogP contribution is -2.40. The van der Waals surface area contributed by atoms with Crippen molar-refractivity contribution < 1.29 is 18.4 Å². The van der Waals surface area contributed by atoms with Crippen molar-refractivity contribution in [3.63, 3.8) is 0 Å². The molecule has 1 aromatic carbocycles. The number of hydrogen-bond donors (Lipinski definition) is 3. The van der Waals surface area contributed by atoms with E-state index >= 15 is 0 Å². The number of halogens is 2. The zero-order valence-electron chi connectivity index (χ0n) is 16.3. The predicted molar refractivity (Wildman–Crippen MR) is 106 cm³/mol. The predicted octanol–water partition coefficient (Wildman–Crippen LogP) is 2.35. The molecule has 3 N–H and O–H groups in total. The van der Waals surface area contributed by atoms with Crippen LogP contribution >= 0.6 is 0 Å². The molecule has 0 saturated carbocycles. The lowest BCUT2D eigenvalue weighted by molar-refractivity contribution is -0.123. The van der Waals surface area contributed by atoms with Gasteiger partial charge < -0.3 is 15.5 Å². The molecule has 2 amide bonds. The van der Waals surface area contributed by atoms with Gasteiger partial charge in [0.1, 0.15) is 5.82 Å². The molecule has 1 fully saturated rings. The third-order valence-electron chi connectivity index (χ3n) is 5.40. The number of amides is 2. The molecule has 158 valence electrons. The largest absolute Gasteiger partial charge is 0.342 e. The van der Waals surface area contributed by atoms with E-state index in [1.807, 2.05) is 4.90 Å². The highest BCUT2D eigenvalue weighted by atomic mass is 19.2. The molecule has 3 heterocycles. The van der Waals surface area contributed by atoms with Crippen LogP contribution in [-0.4, -0.2) is 34.9 Å². The maximum atomic E-state index is 13.4. The van der Waals surface area contributed by atoms with Crippen molar-refractivity contribution in [2.45, 2.75) is 32.1 Å². The lowest BCUT2D eigenvalue weighted by Gasteiger charge is -2.32.